The van der Waals surface area contributed by atoms with Crippen molar-refractivity contribution in [3.8, 4) is 5.75 Å². The van der Waals surface area contributed by atoms with E-state index in [4.69, 9.17) is 4.74 Å². The van der Waals surface area contributed by atoms with E-state index in [1.54, 1.807) is 0 Å². The fraction of sp³-hybridized carbons (Fsp3) is 0.364. The number of carbonyl (C=O) groups is 1. The molecule has 0 atom stereocenters. The van der Waals surface area contributed by atoms with Gasteiger partial charge >= 0.3 is 0 Å². The Kier molecular flexibility index (Phi) is 1.65. The van der Waals surface area contributed by atoms with Crippen molar-refractivity contribution in [2.24, 2.45) is 0 Å². The van der Waals surface area contributed by atoms with Crippen molar-refractivity contribution in [2.75, 3.05) is 0 Å². The van der Waals surface area contributed by atoms with Gasteiger partial charge < -0.3 is 4.74 Å². The number of hydrogen-bond donors (Lipinski definition) is 0. The summed E-state index contributed by atoms with van der Waals surface area (Å²) in [5.41, 5.74) is 1.63. The van der Waals surface area contributed by atoms with E-state index in [1.165, 1.54) is 0 Å². The zero-order chi connectivity index (χ0) is 9.47. The number of hydrogen-bond acceptors (Lipinski definition) is 2. The lowest BCUT2D eigenvalue weighted by Gasteiger charge is -2.16. The Morgan fingerprint density at radius 1 is 1.46 bits per heavy atom. The largest absolute Gasteiger partial charge is 0.487 e. The maximum absolute atomic E-state index is 10.7. The van der Waals surface area contributed by atoms with Crippen LogP contribution in [0.15, 0.2) is 18.2 Å². The molecular weight excluding hydrogens is 164 g/mol. The fourth-order valence-corrected chi connectivity index (χ4v) is 1.74. The van der Waals surface area contributed by atoms with Gasteiger partial charge in [0.2, 0.25) is 0 Å². The Morgan fingerprint density at radius 2 is 2.23 bits per heavy atom. The summed E-state index contributed by atoms with van der Waals surface area (Å²) in [6, 6.07) is 5.59. The Bertz CT molecular complexity index is 353. The number of carbonyl (C=O) groups excluding carboxylic acids is 1. The third-order valence-corrected chi connectivity index (χ3v) is 2.28. The monoisotopic (exact) mass is 176 g/mol. The third kappa shape index (κ3) is 1.32. The Balaban J connectivity index is 2.51. The predicted octanol–water partition coefficient (Wildman–Crippen LogP) is 2.21. The van der Waals surface area contributed by atoms with E-state index < -0.39 is 0 Å². The van der Waals surface area contributed by atoms with Crippen molar-refractivity contribution in [1.29, 1.82) is 0 Å². The first kappa shape index (κ1) is 8.30. The molecule has 0 N–H and O–H groups in total. The maximum atomic E-state index is 10.7. The van der Waals surface area contributed by atoms with Crippen LogP contribution in [0.25, 0.3) is 0 Å². The molecule has 0 spiro atoms. The van der Waals surface area contributed by atoms with Crippen LogP contribution in [0, 0.1) is 0 Å². The molecule has 0 radical (unpaired) electrons. The molecule has 2 rings (SSSR count). The van der Waals surface area contributed by atoms with Gasteiger partial charge in [0.25, 0.3) is 0 Å². The van der Waals surface area contributed by atoms with Crippen molar-refractivity contribution < 1.29 is 9.53 Å². The second-order valence-corrected chi connectivity index (χ2v) is 3.98. The van der Waals surface area contributed by atoms with E-state index in [0.717, 1.165) is 29.6 Å². The zero-order valence-electron chi connectivity index (χ0n) is 7.83. The van der Waals surface area contributed by atoms with Crippen LogP contribution in [0.2, 0.25) is 0 Å². The van der Waals surface area contributed by atoms with E-state index in [9.17, 15) is 4.79 Å². The van der Waals surface area contributed by atoms with Crippen molar-refractivity contribution in [1.82, 2.24) is 0 Å². The summed E-state index contributed by atoms with van der Waals surface area (Å²) in [5.74, 6) is 0.856. The van der Waals surface area contributed by atoms with Crippen molar-refractivity contribution in [3.63, 3.8) is 0 Å². The van der Waals surface area contributed by atoms with Gasteiger partial charge in [-0.15, -0.1) is 0 Å². The van der Waals surface area contributed by atoms with Gasteiger partial charge in [-0.3, -0.25) is 4.79 Å². The average molecular weight is 176 g/mol. The second-order valence-electron chi connectivity index (χ2n) is 3.98. The van der Waals surface area contributed by atoms with E-state index in [2.05, 4.69) is 0 Å². The number of aldehydes is 1. The van der Waals surface area contributed by atoms with E-state index in [-0.39, 0.29) is 5.60 Å². The predicted molar refractivity (Wildman–Crippen MR) is 50.2 cm³/mol. The average Bonchev–Trinajstić information content (AvgIpc) is 2.37. The molecule has 0 saturated carbocycles. The fourth-order valence-electron chi connectivity index (χ4n) is 1.74. The molecule has 2 heteroatoms. The maximum Gasteiger partial charge on any atom is 0.150 e. The minimum atomic E-state index is -0.165. The van der Waals surface area contributed by atoms with Gasteiger partial charge in [0.05, 0.1) is 0 Å². The highest BCUT2D eigenvalue weighted by Crippen LogP contribution is 2.35. The highest BCUT2D eigenvalue weighted by atomic mass is 16.5. The van der Waals surface area contributed by atoms with Gasteiger partial charge in [0, 0.05) is 17.5 Å². The third-order valence-electron chi connectivity index (χ3n) is 2.28. The van der Waals surface area contributed by atoms with Crippen LogP contribution in [0.5, 0.6) is 5.75 Å². The molecule has 68 valence electrons. The molecule has 0 unspecified atom stereocenters. The summed E-state index contributed by atoms with van der Waals surface area (Å²) in [4.78, 5) is 10.7. The molecule has 1 aromatic rings. The Morgan fingerprint density at radius 3 is 2.92 bits per heavy atom. The lowest BCUT2D eigenvalue weighted by atomic mass is 9.98. The molecule has 0 saturated heterocycles. The first-order chi connectivity index (χ1) is 6.12. The van der Waals surface area contributed by atoms with Crippen LogP contribution >= 0.6 is 0 Å². The van der Waals surface area contributed by atoms with Crippen molar-refractivity contribution >= 4 is 6.29 Å². The number of benzene rings is 1. The minimum Gasteiger partial charge on any atom is -0.487 e. The molecule has 0 amide bonds. The van der Waals surface area contributed by atoms with Gasteiger partial charge in [0.15, 0.2) is 0 Å². The summed E-state index contributed by atoms with van der Waals surface area (Å²) in [7, 11) is 0. The number of ether oxygens (including phenoxy) is 1. The molecule has 0 fully saturated rings. The molecule has 1 heterocycles. The van der Waals surface area contributed by atoms with Crippen molar-refractivity contribution in [2.45, 2.75) is 25.9 Å². The molecule has 13 heavy (non-hydrogen) atoms. The molecule has 1 aliphatic rings. The molecule has 0 aliphatic carbocycles. The first-order valence-corrected chi connectivity index (χ1v) is 4.38. The highest BCUT2D eigenvalue weighted by Gasteiger charge is 2.31. The van der Waals surface area contributed by atoms with Gasteiger partial charge in [-0.05, 0) is 19.9 Å². The second kappa shape index (κ2) is 2.59. The van der Waals surface area contributed by atoms with E-state index in [0.29, 0.717) is 0 Å². The SMILES string of the molecule is CC1(C)Cc2c(C=O)cccc2O1. The molecule has 0 bridgehead atoms. The van der Waals surface area contributed by atoms with Gasteiger partial charge in [-0.25, -0.2) is 0 Å². The summed E-state index contributed by atoms with van der Waals surface area (Å²) in [6.07, 6.45) is 1.71. The van der Waals surface area contributed by atoms with Crippen LogP contribution in [0.1, 0.15) is 29.8 Å². The molecule has 0 aromatic heterocycles. The first-order valence-electron chi connectivity index (χ1n) is 4.38. The van der Waals surface area contributed by atoms with Crippen LogP contribution in [-0.2, 0) is 6.42 Å². The topological polar surface area (TPSA) is 26.3 Å². The Labute approximate surface area is 77.5 Å². The van der Waals surface area contributed by atoms with Gasteiger partial charge in [-0.1, -0.05) is 12.1 Å². The highest BCUT2D eigenvalue weighted by molar-refractivity contribution is 5.79. The smallest absolute Gasteiger partial charge is 0.150 e. The lowest BCUT2D eigenvalue weighted by molar-refractivity contribution is 0.112. The number of rotatable bonds is 1. The van der Waals surface area contributed by atoms with Gasteiger partial charge in [0.1, 0.15) is 17.6 Å². The zero-order valence-corrected chi connectivity index (χ0v) is 7.83. The van der Waals surface area contributed by atoms with Crippen LogP contribution < -0.4 is 4.74 Å². The lowest BCUT2D eigenvalue weighted by Crippen LogP contribution is -2.24. The molecule has 2 nitrogen and oxygen atoms in total. The number of fused-ring (bicyclic) bond motifs is 1. The summed E-state index contributed by atoms with van der Waals surface area (Å²) in [6.45, 7) is 4.06. The quantitative estimate of drug-likeness (QED) is 0.613. The van der Waals surface area contributed by atoms with E-state index >= 15 is 0 Å². The summed E-state index contributed by atoms with van der Waals surface area (Å²) in [5, 5.41) is 0. The molecule has 1 aromatic carbocycles. The van der Waals surface area contributed by atoms with Crippen LogP contribution in [0.4, 0.5) is 0 Å². The standard InChI is InChI=1S/C11H12O2/c1-11(2)6-9-8(7-12)4-3-5-10(9)13-11/h3-5,7H,6H2,1-2H3. The van der Waals surface area contributed by atoms with Crippen LogP contribution in [0.3, 0.4) is 0 Å². The van der Waals surface area contributed by atoms with Crippen LogP contribution in [-0.4, -0.2) is 11.9 Å². The van der Waals surface area contributed by atoms with Gasteiger partial charge in [-0.2, -0.15) is 0 Å². The van der Waals surface area contributed by atoms with E-state index in [1.807, 2.05) is 32.0 Å². The normalized spacial score (nSPS) is 17.7. The molecule has 1 aliphatic heterocycles. The van der Waals surface area contributed by atoms with Crippen molar-refractivity contribution in [3.05, 3.63) is 29.3 Å². The molecular formula is C11H12O2. The Hall–Kier alpha value is -1.31. The minimum absolute atomic E-state index is 0.165. The summed E-state index contributed by atoms with van der Waals surface area (Å²) >= 11 is 0. The summed E-state index contributed by atoms with van der Waals surface area (Å²) < 4.78 is 5.68.